The van der Waals surface area contributed by atoms with Gasteiger partial charge in [0.1, 0.15) is 5.82 Å². The van der Waals surface area contributed by atoms with Crippen molar-refractivity contribution in [1.29, 1.82) is 0 Å². The third-order valence-electron chi connectivity index (χ3n) is 5.44. The Balaban J connectivity index is 0.00000341. The molecule has 2 fully saturated rings. The molecule has 3 rings (SSSR count). The van der Waals surface area contributed by atoms with Crippen molar-refractivity contribution >= 4 is 40.0 Å². The molecule has 2 unspecified atom stereocenters. The zero-order valence-corrected chi connectivity index (χ0v) is 21.6. The van der Waals surface area contributed by atoms with E-state index in [0.717, 1.165) is 17.9 Å². The summed E-state index contributed by atoms with van der Waals surface area (Å²) < 4.78 is 46.0. The highest BCUT2D eigenvalue weighted by atomic mass is 127. The Morgan fingerprint density at radius 1 is 1.26 bits per heavy atom. The summed E-state index contributed by atoms with van der Waals surface area (Å²) in [5.41, 5.74) is 0.741. The fraction of sp³-hybridized carbons (Fsp3) is 0.667. The Hall–Kier alpha value is -0.980. The van der Waals surface area contributed by atoms with E-state index in [4.69, 9.17) is 4.74 Å². The molecule has 1 heterocycles. The molecule has 31 heavy (non-hydrogen) atoms. The Morgan fingerprint density at radius 2 is 1.94 bits per heavy atom. The highest BCUT2D eigenvalue weighted by Gasteiger charge is 2.41. The second-order valence-corrected chi connectivity index (χ2v) is 10.1. The van der Waals surface area contributed by atoms with Gasteiger partial charge in [-0.3, -0.25) is 4.99 Å². The molecule has 0 aromatic heterocycles. The second kappa shape index (κ2) is 11.8. The number of benzene rings is 1. The molecule has 0 bridgehead atoms. The molecule has 1 aromatic rings. The predicted molar refractivity (Wildman–Crippen MR) is 132 cm³/mol. The van der Waals surface area contributed by atoms with Gasteiger partial charge < -0.3 is 15.0 Å². The van der Waals surface area contributed by atoms with Gasteiger partial charge in [0.2, 0.25) is 10.0 Å². The van der Waals surface area contributed by atoms with Crippen LogP contribution in [-0.2, 0) is 14.8 Å². The van der Waals surface area contributed by atoms with Crippen LogP contribution >= 0.6 is 24.0 Å². The van der Waals surface area contributed by atoms with Crippen LogP contribution in [-0.4, -0.2) is 80.8 Å². The van der Waals surface area contributed by atoms with Gasteiger partial charge in [-0.15, -0.1) is 24.0 Å². The van der Waals surface area contributed by atoms with E-state index in [1.54, 1.807) is 6.07 Å². The van der Waals surface area contributed by atoms with Crippen molar-refractivity contribution in [2.45, 2.75) is 45.3 Å². The minimum atomic E-state index is -3.32. The number of hydrogen-bond donors (Lipinski definition) is 1. The van der Waals surface area contributed by atoms with Gasteiger partial charge in [-0.25, -0.2) is 12.8 Å². The summed E-state index contributed by atoms with van der Waals surface area (Å²) in [4.78, 5) is 6.68. The predicted octanol–water partition coefficient (Wildman–Crippen LogP) is 2.64. The zero-order valence-electron chi connectivity index (χ0n) is 18.5. The van der Waals surface area contributed by atoms with Crippen LogP contribution < -0.4 is 5.32 Å². The van der Waals surface area contributed by atoms with E-state index >= 15 is 0 Å². The van der Waals surface area contributed by atoms with E-state index in [1.165, 1.54) is 10.4 Å². The summed E-state index contributed by atoms with van der Waals surface area (Å²) >= 11 is 0. The molecule has 10 heteroatoms. The number of rotatable bonds is 8. The molecule has 0 spiro atoms. The molecule has 2 aliphatic rings. The average molecular weight is 568 g/mol. The number of aliphatic imine (C=N–C) groups is 1. The molecule has 1 aromatic carbocycles. The van der Waals surface area contributed by atoms with Crippen LogP contribution in [0.25, 0.3) is 0 Å². The van der Waals surface area contributed by atoms with Crippen molar-refractivity contribution in [3.63, 3.8) is 0 Å². The number of guanidine groups is 1. The van der Waals surface area contributed by atoms with Gasteiger partial charge in [-0.05, 0) is 38.8 Å². The molecule has 1 saturated carbocycles. The third-order valence-corrected chi connectivity index (χ3v) is 7.28. The lowest BCUT2D eigenvalue weighted by atomic mass is 10.1. The van der Waals surface area contributed by atoms with Gasteiger partial charge in [0, 0.05) is 44.7 Å². The number of halogens is 2. The van der Waals surface area contributed by atoms with Crippen molar-refractivity contribution in [1.82, 2.24) is 14.5 Å². The van der Waals surface area contributed by atoms with Gasteiger partial charge in [0.25, 0.3) is 0 Å². The molecule has 1 aliphatic carbocycles. The maximum atomic E-state index is 14.0. The first kappa shape index (κ1) is 26.3. The fourth-order valence-electron chi connectivity index (χ4n) is 3.72. The normalized spacial score (nSPS) is 22.4. The van der Waals surface area contributed by atoms with Crippen molar-refractivity contribution < 1.29 is 17.5 Å². The lowest BCUT2D eigenvalue weighted by molar-refractivity contribution is 0.0904. The second-order valence-electron chi connectivity index (χ2n) is 8.03. The van der Waals surface area contributed by atoms with E-state index in [1.807, 2.05) is 32.9 Å². The summed E-state index contributed by atoms with van der Waals surface area (Å²) in [5, 5.41) is 3.46. The van der Waals surface area contributed by atoms with Crippen LogP contribution in [0.2, 0.25) is 0 Å². The van der Waals surface area contributed by atoms with Gasteiger partial charge in [-0.1, -0.05) is 18.2 Å². The molecular formula is C21H34FIN4O3S. The van der Waals surface area contributed by atoms with Crippen molar-refractivity contribution in [3.05, 3.63) is 35.6 Å². The molecular weight excluding hydrogens is 534 g/mol. The SMILES string of the molecule is CCN=C(NC1CC1c1ccccc1F)N1CCN(S(=O)(=O)CCOC(C)C)CC1.I. The Labute approximate surface area is 202 Å². The van der Waals surface area contributed by atoms with Crippen LogP contribution in [0.3, 0.4) is 0 Å². The first-order valence-electron chi connectivity index (χ1n) is 10.7. The van der Waals surface area contributed by atoms with Crippen molar-refractivity contribution in [3.8, 4) is 0 Å². The van der Waals surface area contributed by atoms with Crippen LogP contribution in [0.4, 0.5) is 4.39 Å². The highest BCUT2D eigenvalue weighted by molar-refractivity contribution is 14.0. The molecule has 1 aliphatic heterocycles. The number of hydrogen-bond acceptors (Lipinski definition) is 4. The molecule has 1 N–H and O–H groups in total. The summed E-state index contributed by atoms with van der Waals surface area (Å²) in [6, 6.07) is 7.06. The van der Waals surface area contributed by atoms with E-state index in [2.05, 4.69) is 15.2 Å². The van der Waals surface area contributed by atoms with Crippen molar-refractivity contribution in [2.75, 3.05) is 45.1 Å². The molecule has 2 atom stereocenters. The number of ether oxygens (including phenoxy) is 1. The third kappa shape index (κ3) is 7.26. The highest BCUT2D eigenvalue weighted by Crippen LogP contribution is 2.41. The van der Waals surface area contributed by atoms with Crippen LogP contribution in [0.5, 0.6) is 0 Å². The Bertz CT molecular complexity index is 845. The quantitative estimate of drug-likeness (QED) is 0.297. The summed E-state index contributed by atoms with van der Waals surface area (Å²) in [6.45, 7) is 8.60. The summed E-state index contributed by atoms with van der Waals surface area (Å²) in [5.74, 6) is 0.768. The summed E-state index contributed by atoms with van der Waals surface area (Å²) in [6.07, 6.45) is 0.889. The van der Waals surface area contributed by atoms with Gasteiger partial charge in [0.15, 0.2) is 5.96 Å². The van der Waals surface area contributed by atoms with Gasteiger partial charge in [0.05, 0.1) is 18.5 Å². The van der Waals surface area contributed by atoms with E-state index in [0.29, 0.717) is 32.7 Å². The molecule has 0 radical (unpaired) electrons. The van der Waals surface area contributed by atoms with Crippen molar-refractivity contribution in [2.24, 2.45) is 4.99 Å². The minimum absolute atomic E-state index is 0. The smallest absolute Gasteiger partial charge is 0.216 e. The van der Waals surface area contributed by atoms with Crippen LogP contribution in [0, 0.1) is 5.82 Å². The number of nitrogens with one attached hydrogen (secondary N) is 1. The first-order chi connectivity index (χ1) is 14.3. The van der Waals surface area contributed by atoms with E-state index in [9.17, 15) is 12.8 Å². The summed E-state index contributed by atoms with van der Waals surface area (Å²) in [7, 11) is -3.32. The lowest BCUT2D eigenvalue weighted by Crippen LogP contribution is -2.54. The maximum absolute atomic E-state index is 14.0. The monoisotopic (exact) mass is 568 g/mol. The standard InChI is InChI=1S/C21H33FN4O3S.HI/c1-4-23-21(24-20-15-18(20)17-7-5-6-8-19(17)22)25-9-11-26(12-10-25)30(27,28)14-13-29-16(2)3;/h5-8,16,18,20H,4,9-15H2,1-3H3,(H,23,24);1H. The fourth-order valence-corrected chi connectivity index (χ4v) is 5.01. The Morgan fingerprint density at radius 3 is 2.55 bits per heavy atom. The van der Waals surface area contributed by atoms with Gasteiger partial charge >= 0.3 is 0 Å². The molecule has 1 saturated heterocycles. The van der Waals surface area contributed by atoms with E-state index in [-0.39, 0.29) is 60.2 Å². The first-order valence-corrected chi connectivity index (χ1v) is 12.3. The molecule has 176 valence electrons. The molecule has 7 nitrogen and oxygen atoms in total. The maximum Gasteiger partial charge on any atom is 0.216 e. The number of piperazine rings is 1. The topological polar surface area (TPSA) is 74.2 Å². The lowest BCUT2D eigenvalue weighted by Gasteiger charge is -2.36. The number of sulfonamides is 1. The average Bonchev–Trinajstić information content (AvgIpc) is 3.46. The minimum Gasteiger partial charge on any atom is -0.378 e. The van der Waals surface area contributed by atoms with Gasteiger partial charge in [-0.2, -0.15) is 4.31 Å². The zero-order chi connectivity index (χ0) is 21.7. The van der Waals surface area contributed by atoms with Crippen LogP contribution in [0.15, 0.2) is 29.3 Å². The Kier molecular flexibility index (Phi) is 9.97. The molecule has 0 amide bonds. The number of nitrogens with zero attached hydrogens (tertiary/aromatic N) is 3. The van der Waals surface area contributed by atoms with E-state index < -0.39 is 10.0 Å². The largest absolute Gasteiger partial charge is 0.378 e. The van der Waals surface area contributed by atoms with Crippen LogP contribution in [0.1, 0.15) is 38.7 Å².